The Kier molecular flexibility index (Phi) is 6.01. The highest BCUT2D eigenvalue weighted by atomic mass is 32.1. The number of esters is 1. The molecule has 19 heavy (non-hydrogen) atoms. The maximum absolute atomic E-state index is 11.6. The lowest BCUT2D eigenvalue weighted by atomic mass is 10.0. The van der Waals surface area contributed by atoms with Crippen molar-refractivity contribution in [3.05, 3.63) is 22.4 Å². The number of hydrogen-bond donors (Lipinski definition) is 1. The van der Waals surface area contributed by atoms with E-state index in [9.17, 15) is 4.79 Å². The van der Waals surface area contributed by atoms with E-state index in [1.165, 1.54) is 4.88 Å². The fourth-order valence-electron chi connectivity index (χ4n) is 1.86. The number of rotatable bonds is 6. The normalized spacial score (nSPS) is 13.6. The molecule has 3 nitrogen and oxygen atoms in total. The molecule has 108 valence electrons. The molecular weight excluding hydrogens is 258 g/mol. The summed E-state index contributed by atoms with van der Waals surface area (Å²) in [6.07, 6.45) is 0.409. The van der Waals surface area contributed by atoms with E-state index in [0.29, 0.717) is 24.9 Å². The standard InChI is InChI=1S/C15H25NO2S/c1-11(2)14(12-7-6-10-19-12)16-9-8-13(17)18-15(3,4)5/h6-7,10-11,14,16H,8-9H2,1-5H3. The second kappa shape index (κ2) is 7.06. The van der Waals surface area contributed by atoms with Crippen LogP contribution >= 0.6 is 11.3 Å². The van der Waals surface area contributed by atoms with Crippen molar-refractivity contribution in [3.8, 4) is 0 Å². The lowest BCUT2D eigenvalue weighted by molar-refractivity contribution is -0.154. The summed E-state index contributed by atoms with van der Waals surface area (Å²) in [7, 11) is 0. The number of carbonyl (C=O) groups is 1. The second-order valence-corrected chi connectivity index (χ2v) is 7.01. The molecule has 4 heteroatoms. The Balaban J connectivity index is 2.40. The van der Waals surface area contributed by atoms with Gasteiger partial charge in [0, 0.05) is 17.5 Å². The molecule has 1 heterocycles. The van der Waals surface area contributed by atoms with Crippen LogP contribution in [0, 0.1) is 5.92 Å². The lowest BCUT2D eigenvalue weighted by Crippen LogP contribution is -2.30. The molecule has 0 aliphatic carbocycles. The van der Waals surface area contributed by atoms with E-state index in [1.807, 2.05) is 20.8 Å². The molecule has 1 aromatic rings. The van der Waals surface area contributed by atoms with Gasteiger partial charge in [-0.25, -0.2) is 0 Å². The van der Waals surface area contributed by atoms with Crippen LogP contribution in [0.4, 0.5) is 0 Å². The molecule has 1 N–H and O–H groups in total. The van der Waals surface area contributed by atoms with Crippen molar-refractivity contribution in [2.24, 2.45) is 5.92 Å². The van der Waals surface area contributed by atoms with Crippen LogP contribution in [0.1, 0.15) is 52.0 Å². The first kappa shape index (κ1) is 16.2. The van der Waals surface area contributed by atoms with Crippen LogP contribution in [0.2, 0.25) is 0 Å². The second-order valence-electron chi connectivity index (χ2n) is 6.03. The quantitative estimate of drug-likeness (QED) is 0.808. The van der Waals surface area contributed by atoms with Crippen LogP contribution in [0.3, 0.4) is 0 Å². The number of carbonyl (C=O) groups excluding carboxylic acids is 1. The van der Waals surface area contributed by atoms with Crippen LogP contribution < -0.4 is 5.32 Å². The Morgan fingerprint density at radius 3 is 2.58 bits per heavy atom. The van der Waals surface area contributed by atoms with Gasteiger partial charge in [0.15, 0.2) is 0 Å². The predicted octanol–water partition coefficient (Wildman–Crippen LogP) is 3.77. The van der Waals surface area contributed by atoms with Crippen molar-refractivity contribution in [2.75, 3.05) is 6.54 Å². The minimum absolute atomic E-state index is 0.145. The molecule has 0 aliphatic rings. The number of nitrogens with one attached hydrogen (secondary N) is 1. The van der Waals surface area contributed by atoms with Gasteiger partial charge in [-0.05, 0) is 38.1 Å². The molecule has 1 unspecified atom stereocenters. The monoisotopic (exact) mass is 283 g/mol. The van der Waals surface area contributed by atoms with Gasteiger partial charge in [-0.2, -0.15) is 0 Å². The third-order valence-electron chi connectivity index (χ3n) is 2.63. The summed E-state index contributed by atoms with van der Waals surface area (Å²) in [5.74, 6) is 0.353. The van der Waals surface area contributed by atoms with Crippen LogP contribution in [0.15, 0.2) is 17.5 Å². The van der Waals surface area contributed by atoms with E-state index in [2.05, 4.69) is 36.7 Å². The fourth-order valence-corrected chi connectivity index (χ4v) is 2.83. The van der Waals surface area contributed by atoms with Crippen molar-refractivity contribution in [2.45, 2.75) is 52.7 Å². The highest BCUT2D eigenvalue weighted by Gasteiger charge is 2.18. The average molecular weight is 283 g/mol. The molecule has 0 saturated carbocycles. The molecule has 0 spiro atoms. The van der Waals surface area contributed by atoms with Crippen LogP contribution in [-0.4, -0.2) is 18.1 Å². The van der Waals surface area contributed by atoms with Gasteiger partial charge in [-0.15, -0.1) is 11.3 Å². The van der Waals surface area contributed by atoms with Crippen molar-refractivity contribution < 1.29 is 9.53 Å². The first-order chi connectivity index (χ1) is 8.79. The Labute approximate surface area is 120 Å². The number of thiophene rings is 1. The Bertz CT molecular complexity index is 379. The largest absolute Gasteiger partial charge is 0.460 e. The van der Waals surface area contributed by atoms with E-state index in [0.717, 1.165) is 0 Å². The molecule has 0 amide bonds. The molecule has 0 fully saturated rings. The van der Waals surface area contributed by atoms with Crippen LogP contribution in [0.5, 0.6) is 0 Å². The summed E-state index contributed by atoms with van der Waals surface area (Å²) in [6, 6.07) is 4.50. The van der Waals surface area contributed by atoms with Gasteiger partial charge in [-0.3, -0.25) is 4.79 Å². The highest BCUT2D eigenvalue weighted by molar-refractivity contribution is 7.10. The summed E-state index contributed by atoms with van der Waals surface area (Å²) in [5, 5.41) is 5.53. The van der Waals surface area contributed by atoms with Crippen molar-refractivity contribution in [1.82, 2.24) is 5.32 Å². The molecule has 0 aliphatic heterocycles. The van der Waals surface area contributed by atoms with E-state index < -0.39 is 5.60 Å². The Morgan fingerprint density at radius 2 is 2.11 bits per heavy atom. The topological polar surface area (TPSA) is 38.3 Å². The molecule has 1 aromatic heterocycles. The minimum atomic E-state index is -0.401. The van der Waals surface area contributed by atoms with E-state index in [-0.39, 0.29) is 5.97 Å². The maximum Gasteiger partial charge on any atom is 0.307 e. The third kappa shape index (κ3) is 6.21. The Hall–Kier alpha value is -0.870. The van der Waals surface area contributed by atoms with Crippen molar-refractivity contribution >= 4 is 17.3 Å². The van der Waals surface area contributed by atoms with Crippen molar-refractivity contribution in [1.29, 1.82) is 0 Å². The fraction of sp³-hybridized carbons (Fsp3) is 0.667. The first-order valence-electron chi connectivity index (χ1n) is 6.78. The smallest absolute Gasteiger partial charge is 0.307 e. The van der Waals surface area contributed by atoms with Gasteiger partial charge in [0.25, 0.3) is 0 Å². The molecule has 1 atom stereocenters. The van der Waals surface area contributed by atoms with Crippen LogP contribution in [-0.2, 0) is 9.53 Å². The average Bonchev–Trinajstić information content (AvgIpc) is 2.74. The van der Waals surface area contributed by atoms with Gasteiger partial charge in [-0.1, -0.05) is 19.9 Å². The zero-order valence-corrected chi connectivity index (χ0v) is 13.3. The molecule has 1 rings (SSSR count). The first-order valence-corrected chi connectivity index (χ1v) is 7.66. The van der Waals surface area contributed by atoms with Gasteiger partial charge in [0.05, 0.1) is 6.42 Å². The van der Waals surface area contributed by atoms with Gasteiger partial charge in [0.1, 0.15) is 5.60 Å². The lowest BCUT2D eigenvalue weighted by Gasteiger charge is -2.22. The van der Waals surface area contributed by atoms with Crippen LogP contribution in [0.25, 0.3) is 0 Å². The minimum Gasteiger partial charge on any atom is -0.460 e. The summed E-state index contributed by atoms with van der Waals surface area (Å²) in [4.78, 5) is 13.0. The summed E-state index contributed by atoms with van der Waals surface area (Å²) < 4.78 is 5.29. The third-order valence-corrected chi connectivity index (χ3v) is 3.59. The number of ether oxygens (including phenoxy) is 1. The summed E-state index contributed by atoms with van der Waals surface area (Å²) >= 11 is 1.75. The zero-order valence-electron chi connectivity index (χ0n) is 12.5. The maximum atomic E-state index is 11.6. The van der Waals surface area contributed by atoms with E-state index in [1.54, 1.807) is 11.3 Å². The molecule has 0 bridgehead atoms. The molecular formula is C15H25NO2S. The molecule has 0 aromatic carbocycles. The summed E-state index contributed by atoms with van der Waals surface area (Å²) in [5.41, 5.74) is -0.401. The summed E-state index contributed by atoms with van der Waals surface area (Å²) in [6.45, 7) is 10.7. The highest BCUT2D eigenvalue weighted by Crippen LogP contribution is 2.25. The van der Waals surface area contributed by atoms with E-state index >= 15 is 0 Å². The van der Waals surface area contributed by atoms with Gasteiger partial charge < -0.3 is 10.1 Å². The number of hydrogen-bond acceptors (Lipinski definition) is 4. The van der Waals surface area contributed by atoms with Gasteiger partial charge >= 0.3 is 5.97 Å². The zero-order chi connectivity index (χ0) is 14.5. The van der Waals surface area contributed by atoms with Gasteiger partial charge in [0.2, 0.25) is 0 Å². The van der Waals surface area contributed by atoms with E-state index in [4.69, 9.17) is 4.74 Å². The predicted molar refractivity (Wildman–Crippen MR) is 80.4 cm³/mol. The van der Waals surface area contributed by atoms with Crippen molar-refractivity contribution in [3.63, 3.8) is 0 Å². The Morgan fingerprint density at radius 1 is 1.42 bits per heavy atom. The SMILES string of the molecule is CC(C)C(NCCC(=O)OC(C)(C)C)c1cccs1. The molecule has 0 saturated heterocycles. The molecule has 0 radical (unpaired) electrons.